The summed E-state index contributed by atoms with van der Waals surface area (Å²) in [6.45, 7) is 0.735. The van der Waals surface area contributed by atoms with Gasteiger partial charge in [0, 0.05) is 23.8 Å². The van der Waals surface area contributed by atoms with Gasteiger partial charge in [0.05, 0.1) is 5.75 Å². The van der Waals surface area contributed by atoms with Crippen LogP contribution in [0, 0.1) is 0 Å². The molecule has 0 fully saturated rings. The van der Waals surface area contributed by atoms with Gasteiger partial charge in [-0.05, 0) is 29.3 Å². The maximum Gasteiger partial charge on any atom is 0.287 e. The number of nitrogens with one attached hydrogen (secondary N) is 1. The van der Waals surface area contributed by atoms with Crippen LogP contribution in [0.5, 0.6) is 5.75 Å². The van der Waals surface area contributed by atoms with E-state index in [0.717, 1.165) is 23.1 Å². The Kier molecular flexibility index (Phi) is 6.28. The van der Waals surface area contributed by atoms with Crippen LogP contribution in [0.25, 0.3) is 11.0 Å². The number of furan rings is 1. The van der Waals surface area contributed by atoms with E-state index in [0.29, 0.717) is 23.1 Å². The highest BCUT2D eigenvalue weighted by atomic mass is 32.2. The van der Waals surface area contributed by atoms with Gasteiger partial charge in [-0.2, -0.15) is 0 Å². The van der Waals surface area contributed by atoms with Crippen molar-refractivity contribution in [2.24, 2.45) is 0 Å². The summed E-state index contributed by atoms with van der Waals surface area (Å²) in [5, 5.41) is 3.45. The minimum Gasteiger partial charge on any atom is -0.489 e. The van der Waals surface area contributed by atoms with Crippen molar-refractivity contribution in [2.75, 3.05) is 6.26 Å². The van der Waals surface area contributed by atoms with E-state index in [2.05, 4.69) is 5.32 Å². The molecule has 0 saturated carbocycles. The van der Waals surface area contributed by atoms with Crippen molar-refractivity contribution in [1.29, 1.82) is 0 Å². The molecule has 164 valence electrons. The first-order chi connectivity index (χ1) is 15.4. The second-order valence-corrected chi connectivity index (χ2v) is 9.72. The van der Waals surface area contributed by atoms with Crippen LogP contribution < -0.4 is 10.1 Å². The van der Waals surface area contributed by atoms with Crippen molar-refractivity contribution < 1.29 is 22.4 Å². The highest BCUT2D eigenvalue weighted by Gasteiger charge is 2.23. The standard InChI is InChI=1S/C25H23NO5S/c1-32(28,29)17-22-21-9-5-6-10-23(21)31-24(22)25(27)26-15-18-11-13-19(14-12-18)16-30-20-7-3-2-4-8-20/h2-14H,15-17H2,1H3,(H,26,27). The normalized spacial score (nSPS) is 11.4. The Hall–Kier alpha value is -3.58. The molecule has 4 aromatic rings. The molecule has 0 saturated heterocycles. The molecule has 0 aliphatic heterocycles. The molecule has 0 aliphatic rings. The van der Waals surface area contributed by atoms with Gasteiger partial charge in [0.25, 0.3) is 5.91 Å². The van der Waals surface area contributed by atoms with Gasteiger partial charge in [-0.25, -0.2) is 8.42 Å². The smallest absolute Gasteiger partial charge is 0.287 e. The molecule has 4 rings (SSSR count). The highest BCUT2D eigenvalue weighted by Crippen LogP contribution is 2.27. The maximum atomic E-state index is 12.8. The highest BCUT2D eigenvalue weighted by molar-refractivity contribution is 7.89. The number of benzene rings is 3. The molecule has 32 heavy (non-hydrogen) atoms. The summed E-state index contributed by atoms with van der Waals surface area (Å²) < 4.78 is 35.2. The molecule has 1 amide bonds. The largest absolute Gasteiger partial charge is 0.489 e. The fraction of sp³-hybridized carbons (Fsp3) is 0.160. The number of rotatable bonds is 8. The zero-order chi connectivity index (χ0) is 22.6. The molecule has 0 spiro atoms. The molecule has 0 bridgehead atoms. The second kappa shape index (κ2) is 9.28. The molecule has 1 heterocycles. The topological polar surface area (TPSA) is 85.6 Å². The first kappa shape index (κ1) is 21.6. The van der Waals surface area contributed by atoms with Gasteiger partial charge in [0.1, 0.15) is 17.9 Å². The molecule has 0 radical (unpaired) electrons. The van der Waals surface area contributed by atoms with E-state index in [4.69, 9.17) is 9.15 Å². The van der Waals surface area contributed by atoms with E-state index in [1.54, 1.807) is 24.3 Å². The number of amides is 1. The number of para-hydroxylation sites is 2. The third-order valence-electron chi connectivity index (χ3n) is 4.94. The Morgan fingerprint density at radius 2 is 1.56 bits per heavy atom. The van der Waals surface area contributed by atoms with Gasteiger partial charge in [-0.1, -0.05) is 60.7 Å². The Morgan fingerprint density at radius 3 is 2.28 bits per heavy atom. The lowest BCUT2D eigenvalue weighted by molar-refractivity contribution is 0.0924. The Morgan fingerprint density at radius 1 is 0.906 bits per heavy atom. The summed E-state index contributed by atoms with van der Waals surface area (Å²) >= 11 is 0. The van der Waals surface area contributed by atoms with Gasteiger partial charge in [-0.15, -0.1) is 0 Å². The van der Waals surface area contributed by atoms with Crippen LogP contribution in [0.15, 0.2) is 83.3 Å². The first-order valence-corrected chi connectivity index (χ1v) is 12.2. The number of hydrogen-bond donors (Lipinski definition) is 1. The molecule has 6 nitrogen and oxygen atoms in total. The van der Waals surface area contributed by atoms with Crippen LogP contribution in [-0.4, -0.2) is 20.6 Å². The third kappa shape index (κ3) is 5.36. The van der Waals surface area contributed by atoms with Gasteiger partial charge in [0.15, 0.2) is 15.6 Å². The van der Waals surface area contributed by atoms with E-state index >= 15 is 0 Å². The predicted octanol–water partition coefficient (Wildman–Crippen LogP) is 4.49. The Balaban J connectivity index is 1.42. The number of carbonyl (C=O) groups excluding carboxylic acids is 1. The average Bonchev–Trinajstić information content (AvgIpc) is 3.14. The summed E-state index contributed by atoms with van der Waals surface area (Å²) in [5.74, 6) is 0.128. The molecule has 7 heteroatoms. The van der Waals surface area contributed by atoms with Crippen LogP contribution in [0.2, 0.25) is 0 Å². The summed E-state index contributed by atoms with van der Waals surface area (Å²) in [7, 11) is -3.34. The van der Waals surface area contributed by atoms with Crippen LogP contribution >= 0.6 is 0 Å². The van der Waals surface area contributed by atoms with Crippen LogP contribution in [-0.2, 0) is 28.7 Å². The van der Waals surface area contributed by atoms with Crippen molar-refractivity contribution in [3.63, 3.8) is 0 Å². The predicted molar refractivity (Wildman–Crippen MR) is 123 cm³/mol. The number of sulfone groups is 1. The molecule has 1 N–H and O–H groups in total. The van der Waals surface area contributed by atoms with Crippen molar-refractivity contribution in [3.8, 4) is 5.75 Å². The number of fused-ring (bicyclic) bond motifs is 1. The van der Waals surface area contributed by atoms with Crippen LogP contribution in [0.1, 0.15) is 27.2 Å². The van der Waals surface area contributed by atoms with E-state index in [-0.39, 0.29) is 18.1 Å². The minimum absolute atomic E-state index is 0.0320. The lowest BCUT2D eigenvalue weighted by Gasteiger charge is -2.08. The molecule has 3 aromatic carbocycles. The molecular formula is C25H23NO5S. The van der Waals surface area contributed by atoms with Crippen molar-refractivity contribution in [3.05, 3.63) is 101 Å². The fourth-order valence-corrected chi connectivity index (χ4v) is 4.20. The van der Waals surface area contributed by atoms with E-state index in [9.17, 15) is 13.2 Å². The van der Waals surface area contributed by atoms with Crippen molar-refractivity contribution >= 4 is 26.7 Å². The molecule has 0 atom stereocenters. The van der Waals surface area contributed by atoms with Gasteiger partial charge >= 0.3 is 0 Å². The van der Waals surface area contributed by atoms with Crippen LogP contribution in [0.4, 0.5) is 0 Å². The second-order valence-electron chi connectivity index (χ2n) is 7.58. The average molecular weight is 450 g/mol. The first-order valence-electron chi connectivity index (χ1n) is 10.1. The van der Waals surface area contributed by atoms with Crippen molar-refractivity contribution in [1.82, 2.24) is 5.32 Å². The van der Waals surface area contributed by atoms with E-state index in [1.165, 1.54) is 0 Å². The lowest BCUT2D eigenvalue weighted by atomic mass is 10.1. The summed E-state index contributed by atoms with van der Waals surface area (Å²) in [6, 6.07) is 24.3. The Bertz CT molecular complexity index is 1330. The Labute approximate surface area is 186 Å². The summed E-state index contributed by atoms with van der Waals surface area (Å²) in [5.41, 5.74) is 2.78. The van der Waals surface area contributed by atoms with Crippen molar-refractivity contribution in [2.45, 2.75) is 18.9 Å². The summed E-state index contributed by atoms with van der Waals surface area (Å²) in [6.07, 6.45) is 1.14. The third-order valence-corrected chi connectivity index (χ3v) is 5.75. The van der Waals surface area contributed by atoms with Gasteiger partial charge in [0.2, 0.25) is 0 Å². The number of ether oxygens (including phenoxy) is 1. The summed E-state index contributed by atoms with van der Waals surface area (Å²) in [4.78, 5) is 12.8. The van der Waals surface area contributed by atoms with Crippen LogP contribution in [0.3, 0.4) is 0 Å². The fourth-order valence-electron chi connectivity index (χ4n) is 3.39. The zero-order valence-electron chi connectivity index (χ0n) is 17.6. The monoisotopic (exact) mass is 449 g/mol. The zero-order valence-corrected chi connectivity index (χ0v) is 18.4. The maximum absolute atomic E-state index is 12.8. The van der Waals surface area contributed by atoms with Gasteiger partial charge < -0.3 is 14.5 Å². The van der Waals surface area contributed by atoms with E-state index < -0.39 is 15.7 Å². The minimum atomic E-state index is -3.34. The van der Waals surface area contributed by atoms with Gasteiger partial charge in [-0.3, -0.25) is 4.79 Å². The van der Waals surface area contributed by atoms with E-state index in [1.807, 2.05) is 54.6 Å². The molecule has 0 aliphatic carbocycles. The lowest BCUT2D eigenvalue weighted by Crippen LogP contribution is -2.23. The molecule has 1 aromatic heterocycles. The molecular weight excluding hydrogens is 426 g/mol. The number of hydrogen-bond acceptors (Lipinski definition) is 5. The molecule has 0 unspecified atom stereocenters. The SMILES string of the molecule is CS(=O)(=O)Cc1c(C(=O)NCc2ccc(COc3ccccc3)cc2)oc2ccccc12. The quantitative estimate of drug-likeness (QED) is 0.428. The number of carbonyl (C=O) groups is 1.